The molecule has 9 heteroatoms. The number of rotatable bonds is 5. The van der Waals surface area contributed by atoms with Gasteiger partial charge in [-0.05, 0) is 45.4 Å². The van der Waals surface area contributed by atoms with Crippen LogP contribution in [0.1, 0.15) is 26.3 Å². The van der Waals surface area contributed by atoms with Crippen LogP contribution >= 0.6 is 11.6 Å². The number of carbonyl (C=O) groups excluding carboxylic acids is 1. The Labute approximate surface area is 166 Å². The molecule has 1 fully saturated rings. The van der Waals surface area contributed by atoms with Gasteiger partial charge in [-0.25, -0.2) is 17.9 Å². The molecule has 0 atom stereocenters. The summed E-state index contributed by atoms with van der Waals surface area (Å²) < 4.78 is 32.9. The largest absolute Gasteiger partial charge is 0.444 e. The number of sulfonamides is 1. The van der Waals surface area contributed by atoms with Gasteiger partial charge in [0, 0.05) is 44.3 Å². The fourth-order valence-electron chi connectivity index (χ4n) is 2.78. The van der Waals surface area contributed by atoms with E-state index >= 15 is 0 Å². The fraction of sp³-hybridized carbons (Fsp3) is 0.611. The van der Waals surface area contributed by atoms with Gasteiger partial charge in [0.2, 0.25) is 10.0 Å². The van der Waals surface area contributed by atoms with E-state index in [1.807, 2.05) is 20.8 Å². The number of benzene rings is 1. The summed E-state index contributed by atoms with van der Waals surface area (Å²) in [6.07, 6.45) is -0.306. The molecular formula is C18H28ClN3O4S. The second-order valence-electron chi connectivity index (χ2n) is 7.57. The molecule has 7 nitrogen and oxygen atoms in total. The van der Waals surface area contributed by atoms with Crippen LogP contribution in [-0.2, 0) is 14.8 Å². The van der Waals surface area contributed by atoms with Gasteiger partial charge in [0.05, 0.1) is 4.90 Å². The molecule has 1 aliphatic rings. The first-order chi connectivity index (χ1) is 12.5. The van der Waals surface area contributed by atoms with Crippen LogP contribution < -0.4 is 4.72 Å². The fourth-order valence-corrected chi connectivity index (χ4v) is 4.29. The summed E-state index contributed by atoms with van der Waals surface area (Å²) in [6, 6.07) is 4.84. The van der Waals surface area contributed by atoms with E-state index < -0.39 is 15.6 Å². The summed E-state index contributed by atoms with van der Waals surface area (Å²) in [5, 5.41) is 0.427. The van der Waals surface area contributed by atoms with E-state index in [0.717, 1.165) is 0 Å². The van der Waals surface area contributed by atoms with Crippen molar-refractivity contribution in [3.63, 3.8) is 0 Å². The van der Waals surface area contributed by atoms with Crippen molar-refractivity contribution in [2.24, 2.45) is 0 Å². The van der Waals surface area contributed by atoms with Crippen LogP contribution in [-0.4, -0.2) is 69.2 Å². The summed E-state index contributed by atoms with van der Waals surface area (Å²) >= 11 is 6.01. The minimum atomic E-state index is -3.60. The second kappa shape index (κ2) is 8.77. The molecule has 1 N–H and O–H groups in total. The summed E-state index contributed by atoms with van der Waals surface area (Å²) in [7, 11) is -3.60. The van der Waals surface area contributed by atoms with E-state index in [2.05, 4.69) is 9.62 Å². The lowest BCUT2D eigenvalue weighted by molar-refractivity contribution is 0.0147. The molecule has 0 radical (unpaired) electrons. The Balaban J connectivity index is 1.80. The van der Waals surface area contributed by atoms with E-state index in [1.165, 1.54) is 0 Å². The number of halogens is 1. The molecule has 0 aliphatic carbocycles. The molecule has 0 saturated carbocycles. The van der Waals surface area contributed by atoms with Crippen LogP contribution in [0.5, 0.6) is 0 Å². The summed E-state index contributed by atoms with van der Waals surface area (Å²) in [5.74, 6) is 0. The standard InChI is InChI=1S/C18H28ClN3O4S/c1-14-15(19)6-5-7-16(14)27(24,25)20-8-9-21-10-12-22(13-11-21)17(23)26-18(2,3)4/h5-7,20H,8-13H2,1-4H3. The number of piperazine rings is 1. The minimum absolute atomic E-state index is 0.199. The van der Waals surface area contributed by atoms with Crippen LogP contribution in [0.4, 0.5) is 4.79 Å². The lowest BCUT2D eigenvalue weighted by Crippen LogP contribution is -2.51. The van der Waals surface area contributed by atoms with Gasteiger partial charge in [0.1, 0.15) is 5.60 Å². The number of hydrogen-bond acceptors (Lipinski definition) is 5. The van der Waals surface area contributed by atoms with Gasteiger partial charge in [-0.2, -0.15) is 0 Å². The Morgan fingerprint density at radius 3 is 2.44 bits per heavy atom. The Hall–Kier alpha value is -1.35. The Morgan fingerprint density at radius 1 is 1.22 bits per heavy atom. The Bertz CT molecular complexity index is 769. The van der Waals surface area contributed by atoms with Crippen molar-refractivity contribution in [2.75, 3.05) is 39.3 Å². The molecule has 1 heterocycles. The van der Waals surface area contributed by atoms with Crippen molar-refractivity contribution >= 4 is 27.7 Å². The van der Waals surface area contributed by atoms with Crippen LogP contribution in [0.2, 0.25) is 5.02 Å². The zero-order chi connectivity index (χ0) is 20.2. The van der Waals surface area contributed by atoms with Crippen LogP contribution in [0.3, 0.4) is 0 Å². The lowest BCUT2D eigenvalue weighted by atomic mass is 10.2. The summed E-state index contributed by atoms with van der Waals surface area (Å²) in [5.41, 5.74) is 0.0305. The smallest absolute Gasteiger partial charge is 0.410 e. The van der Waals surface area contributed by atoms with E-state index in [0.29, 0.717) is 49.9 Å². The first-order valence-corrected chi connectivity index (χ1v) is 10.8. The number of amides is 1. The number of hydrogen-bond donors (Lipinski definition) is 1. The maximum Gasteiger partial charge on any atom is 0.410 e. The third kappa shape index (κ3) is 6.34. The summed E-state index contributed by atoms with van der Waals surface area (Å²) in [4.78, 5) is 16.1. The van der Waals surface area contributed by atoms with Crippen LogP contribution in [0, 0.1) is 6.92 Å². The van der Waals surface area contributed by atoms with E-state index in [-0.39, 0.29) is 11.0 Å². The van der Waals surface area contributed by atoms with Crippen molar-refractivity contribution < 1.29 is 17.9 Å². The molecule has 1 saturated heterocycles. The van der Waals surface area contributed by atoms with Gasteiger partial charge in [-0.3, -0.25) is 4.90 Å². The first-order valence-electron chi connectivity index (χ1n) is 8.95. The van der Waals surface area contributed by atoms with Crippen molar-refractivity contribution in [1.29, 1.82) is 0 Å². The van der Waals surface area contributed by atoms with Crippen molar-refractivity contribution in [1.82, 2.24) is 14.5 Å². The highest BCUT2D eigenvalue weighted by Gasteiger charge is 2.26. The average Bonchev–Trinajstić information content (AvgIpc) is 2.56. The molecule has 152 valence electrons. The normalized spacial score (nSPS) is 16.4. The molecule has 0 unspecified atom stereocenters. The van der Waals surface area contributed by atoms with Crippen LogP contribution in [0.25, 0.3) is 0 Å². The van der Waals surface area contributed by atoms with E-state index in [1.54, 1.807) is 30.0 Å². The van der Waals surface area contributed by atoms with Crippen molar-refractivity contribution in [3.8, 4) is 0 Å². The molecule has 1 aromatic rings. The molecule has 0 bridgehead atoms. The summed E-state index contributed by atoms with van der Waals surface area (Å²) in [6.45, 7) is 10.6. The lowest BCUT2D eigenvalue weighted by Gasteiger charge is -2.35. The topological polar surface area (TPSA) is 79.0 Å². The Morgan fingerprint density at radius 2 is 1.85 bits per heavy atom. The molecule has 1 aromatic carbocycles. The van der Waals surface area contributed by atoms with Crippen molar-refractivity contribution in [3.05, 3.63) is 28.8 Å². The zero-order valence-electron chi connectivity index (χ0n) is 16.3. The highest BCUT2D eigenvalue weighted by atomic mass is 35.5. The van der Waals surface area contributed by atoms with Crippen molar-refractivity contribution in [2.45, 2.75) is 38.2 Å². The number of carbonyl (C=O) groups is 1. The third-order valence-electron chi connectivity index (χ3n) is 4.25. The number of ether oxygens (including phenoxy) is 1. The first kappa shape index (κ1) is 21.9. The molecule has 1 amide bonds. The third-order valence-corrected chi connectivity index (χ3v) is 6.27. The SMILES string of the molecule is Cc1c(Cl)cccc1S(=O)(=O)NCCN1CCN(C(=O)OC(C)(C)C)CC1. The minimum Gasteiger partial charge on any atom is -0.444 e. The van der Waals surface area contributed by atoms with Gasteiger partial charge in [-0.1, -0.05) is 17.7 Å². The van der Waals surface area contributed by atoms with Crippen LogP contribution in [0.15, 0.2) is 23.1 Å². The molecule has 27 heavy (non-hydrogen) atoms. The quantitative estimate of drug-likeness (QED) is 0.796. The molecule has 0 spiro atoms. The predicted octanol–water partition coefficient (Wildman–Crippen LogP) is 2.48. The maximum absolute atomic E-state index is 12.5. The predicted molar refractivity (Wildman–Crippen MR) is 106 cm³/mol. The van der Waals surface area contributed by atoms with Gasteiger partial charge < -0.3 is 9.64 Å². The Kier molecular flexibility index (Phi) is 7.13. The number of nitrogens with one attached hydrogen (secondary N) is 1. The highest BCUT2D eigenvalue weighted by Crippen LogP contribution is 2.22. The molecule has 0 aromatic heterocycles. The molecule has 2 rings (SSSR count). The zero-order valence-corrected chi connectivity index (χ0v) is 17.9. The average molecular weight is 418 g/mol. The van der Waals surface area contributed by atoms with E-state index in [9.17, 15) is 13.2 Å². The molecule has 1 aliphatic heterocycles. The van der Waals surface area contributed by atoms with E-state index in [4.69, 9.17) is 16.3 Å². The van der Waals surface area contributed by atoms with Gasteiger partial charge in [0.15, 0.2) is 0 Å². The molecular weight excluding hydrogens is 390 g/mol. The second-order valence-corrected chi connectivity index (χ2v) is 9.71. The van der Waals surface area contributed by atoms with Gasteiger partial charge in [-0.15, -0.1) is 0 Å². The maximum atomic E-state index is 12.5. The van der Waals surface area contributed by atoms with Gasteiger partial charge >= 0.3 is 6.09 Å². The highest BCUT2D eigenvalue weighted by molar-refractivity contribution is 7.89. The van der Waals surface area contributed by atoms with Gasteiger partial charge in [0.25, 0.3) is 0 Å². The number of nitrogens with zero attached hydrogens (tertiary/aromatic N) is 2. The monoisotopic (exact) mass is 417 g/mol.